The summed E-state index contributed by atoms with van der Waals surface area (Å²) in [6, 6.07) is 32.5. The molecule has 0 bridgehead atoms. The molecule has 0 saturated heterocycles. The van der Waals surface area contributed by atoms with Gasteiger partial charge in [0.25, 0.3) is 11.8 Å². The molecule has 36 heavy (non-hydrogen) atoms. The Hall–Kier alpha value is -4.10. The van der Waals surface area contributed by atoms with Crippen LogP contribution in [0.25, 0.3) is 11.1 Å². The molecule has 2 N–H and O–H groups in total. The van der Waals surface area contributed by atoms with Crippen molar-refractivity contribution in [2.45, 2.75) is 6.42 Å². The van der Waals surface area contributed by atoms with Crippen LogP contribution in [0.4, 0.5) is 0 Å². The molecule has 0 unspecified atom stereocenters. The van der Waals surface area contributed by atoms with Crippen molar-refractivity contribution >= 4 is 27.7 Å². The lowest BCUT2D eigenvalue weighted by Gasteiger charge is -2.11. The van der Waals surface area contributed by atoms with Crippen LogP contribution < -0.4 is 20.3 Å². The number of halogens is 1. The Morgan fingerprint density at radius 3 is 2.08 bits per heavy atom. The van der Waals surface area contributed by atoms with Gasteiger partial charge in [-0.1, -0.05) is 72.8 Å². The van der Waals surface area contributed by atoms with Gasteiger partial charge in [-0.05, 0) is 63.0 Å². The largest absolute Gasteiger partial charge is 0.492 e. The summed E-state index contributed by atoms with van der Waals surface area (Å²) in [5.74, 6) is 0.267. The van der Waals surface area contributed by atoms with Crippen LogP contribution in [0.1, 0.15) is 15.9 Å². The third-order valence-corrected chi connectivity index (χ3v) is 5.95. The lowest BCUT2D eigenvalue weighted by molar-refractivity contribution is -0.123. The highest BCUT2D eigenvalue weighted by atomic mass is 79.9. The highest BCUT2D eigenvalue weighted by Crippen LogP contribution is 2.26. The number of benzene rings is 4. The van der Waals surface area contributed by atoms with Crippen molar-refractivity contribution in [3.63, 3.8) is 0 Å². The summed E-state index contributed by atoms with van der Waals surface area (Å²) in [4.78, 5) is 24.5. The van der Waals surface area contributed by atoms with E-state index >= 15 is 0 Å². The molecular weight excluding hydrogens is 520 g/mol. The molecule has 4 aromatic rings. The van der Waals surface area contributed by atoms with E-state index < -0.39 is 11.8 Å². The standard InChI is InChI=1S/C29H25BrN2O4/c30-26-19-24(13-16-27(26)35-18-17-21-7-3-1-4-8-21)29(34)32-31-28(33)20-36-25-14-11-23(12-15-25)22-9-5-2-6-10-22/h1-16,19H,17-18,20H2,(H,31,33)(H,32,34). The molecule has 0 radical (unpaired) electrons. The maximum atomic E-state index is 12.4. The van der Waals surface area contributed by atoms with E-state index in [0.717, 1.165) is 17.5 Å². The highest BCUT2D eigenvalue weighted by molar-refractivity contribution is 9.10. The molecule has 2 amide bonds. The van der Waals surface area contributed by atoms with E-state index in [1.54, 1.807) is 30.3 Å². The number of nitrogens with one attached hydrogen (secondary N) is 2. The molecule has 0 fully saturated rings. The Morgan fingerprint density at radius 2 is 1.39 bits per heavy atom. The van der Waals surface area contributed by atoms with E-state index in [4.69, 9.17) is 9.47 Å². The fourth-order valence-corrected chi connectivity index (χ4v) is 3.93. The predicted octanol–water partition coefficient (Wildman–Crippen LogP) is 5.58. The van der Waals surface area contributed by atoms with Crippen LogP contribution in [0.15, 0.2) is 108 Å². The van der Waals surface area contributed by atoms with Crippen molar-refractivity contribution in [3.8, 4) is 22.6 Å². The van der Waals surface area contributed by atoms with Crippen LogP contribution >= 0.6 is 15.9 Å². The van der Waals surface area contributed by atoms with Crippen LogP contribution in [0.3, 0.4) is 0 Å². The topological polar surface area (TPSA) is 76.7 Å². The Labute approximate surface area is 218 Å². The lowest BCUT2D eigenvalue weighted by Crippen LogP contribution is -2.43. The minimum Gasteiger partial charge on any atom is -0.492 e. The minimum absolute atomic E-state index is 0.233. The second-order valence-electron chi connectivity index (χ2n) is 7.91. The predicted molar refractivity (Wildman–Crippen MR) is 143 cm³/mol. The molecule has 0 atom stereocenters. The number of amides is 2. The third-order valence-electron chi connectivity index (χ3n) is 5.33. The van der Waals surface area contributed by atoms with Crippen LogP contribution in [0, 0.1) is 0 Å². The number of carbonyl (C=O) groups is 2. The SMILES string of the molecule is O=C(COc1ccc(-c2ccccc2)cc1)NNC(=O)c1ccc(OCCc2ccccc2)c(Br)c1. The van der Waals surface area contributed by atoms with Gasteiger partial charge in [-0.2, -0.15) is 0 Å². The number of hydrogen-bond donors (Lipinski definition) is 2. The molecule has 4 rings (SSSR count). The fraction of sp³-hybridized carbons (Fsp3) is 0.103. The zero-order valence-corrected chi connectivity index (χ0v) is 21.0. The molecule has 182 valence electrons. The Bertz CT molecular complexity index is 1300. The summed E-state index contributed by atoms with van der Waals surface area (Å²) in [5.41, 5.74) is 8.47. The first-order valence-electron chi connectivity index (χ1n) is 11.4. The molecule has 0 aliphatic heterocycles. The zero-order valence-electron chi connectivity index (χ0n) is 19.4. The van der Waals surface area contributed by atoms with Crippen LogP contribution in [-0.2, 0) is 11.2 Å². The number of rotatable bonds is 9. The minimum atomic E-state index is -0.476. The first-order valence-corrected chi connectivity index (χ1v) is 12.2. The number of hydrogen-bond acceptors (Lipinski definition) is 4. The fourth-order valence-electron chi connectivity index (χ4n) is 3.44. The summed E-state index contributed by atoms with van der Waals surface area (Å²) in [5, 5.41) is 0. The second kappa shape index (κ2) is 12.6. The van der Waals surface area contributed by atoms with E-state index in [0.29, 0.717) is 28.1 Å². The van der Waals surface area contributed by atoms with E-state index in [2.05, 4.69) is 26.8 Å². The normalized spacial score (nSPS) is 10.4. The van der Waals surface area contributed by atoms with Crippen LogP contribution in [0.5, 0.6) is 11.5 Å². The van der Waals surface area contributed by atoms with Gasteiger partial charge in [0.2, 0.25) is 0 Å². The number of ether oxygens (including phenoxy) is 2. The number of hydrazine groups is 1. The summed E-state index contributed by atoms with van der Waals surface area (Å²) in [7, 11) is 0. The summed E-state index contributed by atoms with van der Waals surface area (Å²) >= 11 is 3.44. The van der Waals surface area contributed by atoms with Crippen molar-refractivity contribution in [2.24, 2.45) is 0 Å². The van der Waals surface area contributed by atoms with E-state index in [1.165, 1.54) is 5.56 Å². The van der Waals surface area contributed by atoms with Crippen LogP contribution in [-0.4, -0.2) is 25.0 Å². The molecule has 0 aliphatic rings. The molecule has 0 heterocycles. The third kappa shape index (κ3) is 7.20. The van der Waals surface area contributed by atoms with Crippen molar-refractivity contribution in [1.82, 2.24) is 10.9 Å². The van der Waals surface area contributed by atoms with Crippen molar-refractivity contribution < 1.29 is 19.1 Å². The van der Waals surface area contributed by atoms with Gasteiger partial charge in [0, 0.05) is 12.0 Å². The average molecular weight is 545 g/mol. The van der Waals surface area contributed by atoms with Crippen molar-refractivity contribution in [1.29, 1.82) is 0 Å². The van der Waals surface area contributed by atoms with Gasteiger partial charge in [-0.25, -0.2) is 0 Å². The van der Waals surface area contributed by atoms with Gasteiger partial charge < -0.3 is 9.47 Å². The summed E-state index contributed by atoms with van der Waals surface area (Å²) in [6.45, 7) is 0.280. The molecule has 7 heteroatoms. The first-order chi connectivity index (χ1) is 17.6. The molecule has 0 aliphatic carbocycles. The van der Waals surface area contributed by atoms with Gasteiger partial charge in [0.1, 0.15) is 11.5 Å². The molecular formula is C29H25BrN2O4. The van der Waals surface area contributed by atoms with Crippen molar-refractivity contribution in [2.75, 3.05) is 13.2 Å². The van der Waals surface area contributed by atoms with Gasteiger partial charge in [-0.3, -0.25) is 20.4 Å². The molecule has 6 nitrogen and oxygen atoms in total. The quantitative estimate of drug-likeness (QED) is 0.270. The maximum absolute atomic E-state index is 12.4. The van der Waals surface area contributed by atoms with E-state index in [1.807, 2.05) is 72.8 Å². The maximum Gasteiger partial charge on any atom is 0.276 e. The van der Waals surface area contributed by atoms with E-state index in [-0.39, 0.29) is 6.61 Å². The molecule has 0 spiro atoms. The smallest absolute Gasteiger partial charge is 0.276 e. The monoisotopic (exact) mass is 544 g/mol. The Morgan fingerprint density at radius 1 is 0.722 bits per heavy atom. The summed E-state index contributed by atoms with van der Waals surface area (Å²) in [6.07, 6.45) is 0.779. The van der Waals surface area contributed by atoms with Gasteiger partial charge in [-0.15, -0.1) is 0 Å². The van der Waals surface area contributed by atoms with Gasteiger partial charge in [0.15, 0.2) is 6.61 Å². The van der Waals surface area contributed by atoms with Crippen molar-refractivity contribution in [3.05, 3.63) is 119 Å². The molecule has 0 saturated carbocycles. The average Bonchev–Trinajstić information content (AvgIpc) is 2.93. The first kappa shape index (κ1) is 25.0. The number of carbonyl (C=O) groups excluding carboxylic acids is 2. The summed E-state index contributed by atoms with van der Waals surface area (Å²) < 4.78 is 12.0. The lowest BCUT2D eigenvalue weighted by atomic mass is 10.1. The Kier molecular flexibility index (Phi) is 8.72. The Balaban J connectivity index is 1.20. The second-order valence-corrected chi connectivity index (χ2v) is 8.76. The van der Waals surface area contributed by atoms with Gasteiger partial charge >= 0.3 is 0 Å². The zero-order chi connectivity index (χ0) is 25.2. The molecule has 0 aromatic heterocycles. The molecule has 4 aromatic carbocycles. The highest BCUT2D eigenvalue weighted by Gasteiger charge is 2.11. The van der Waals surface area contributed by atoms with E-state index in [9.17, 15) is 9.59 Å². The van der Waals surface area contributed by atoms with Crippen LogP contribution in [0.2, 0.25) is 0 Å². The van der Waals surface area contributed by atoms with Gasteiger partial charge in [0.05, 0.1) is 11.1 Å².